The molecule has 6 heteroatoms. The first-order valence-electron chi connectivity index (χ1n) is 48.5. The summed E-state index contributed by atoms with van der Waals surface area (Å²) in [6.07, 6.45) is 1.30. The van der Waals surface area contributed by atoms with Crippen LogP contribution in [-0.2, 0) is 55.1 Å². The van der Waals surface area contributed by atoms with Crippen molar-refractivity contribution in [1.29, 1.82) is 0 Å². The first-order chi connectivity index (χ1) is 63.9. The Labute approximate surface area is 729 Å². The molecule has 19 aromatic rings. The Morgan fingerprint density at radius 3 is 1.24 bits per heavy atom. The second kappa shape index (κ2) is 29.8. The summed E-state index contributed by atoms with van der Waals surface area (Å²) in [4.78, 5) is 5.15. The van der Waals surface area contributed by atoms with Gasteiger partial charge < -0.3 is 23.5 Å². The van der Waals surface area contributed by atoms with E-state index in [0.29, 0.717) is 48.8 Å². The number of hydrogen-bond acceptors (Lipinski definition) is 2. The lowest BCUT2D eigenvalue weighted by Gasteiger charge is -2.45. The number of anilines is 4. The fourth-order valence-corrected chi connectivity index (χ4v) is 19.2. The molecule has 2 aliphatic heterocycles. The van der Waals surface area contributed by atoms with Gasteiger partial charge in [-0.3, -0.25) is 0 Å². The molecule has 5 nitrogen and oxygen atoms in total. The molecular weight excluding hydrogens is 1460 g/mol. The smallest absolute Gasteiger partial charge is 0.252 e. The van der Waals surface area contributed by atoms with Crippen LogP contribution in [0.2, 0.25) is 0 Å². The van der Waals surface area contributed by atoms with Crippen LogP contribution in [0.3, 0.4) is 0 Å². The first kappa shape index (κ1) is 62.7. The minimum atomic E-state index is -0.490. The van der Waals surface area contributed by atoms with E-state index in [-0.39, 0.29) is 99.4 Å². The number of aromatic nitrogens is 3. The average Bonchev–Trinajstić information content (AvgIpc) is 1.53. The molecule has 0 aliphatic carbocycles. The fourth-order valence-electron chi connectivity index (χ4n) is 19.2. The van der Waals surface area contributed by atoms with Crippen molar-refractivity contribution in [2.75, 3.05) is 16.3 Å². The second-order valence-electron chi connectivity index (χ2n) is 36.2. The molecule has 0 bridgehead atoms. The third-order valence-corrected chi connectivity index (χ3v) is 25.5. The maximum absolute atomic E-state index is 10.1. The Morgan fingerprint density at radius 1 is 0.281 bits per heavy atom. The van der Waals surface area contributed by atoms with Crippen LogP contribution in [0.25, 0.3) is 127 Å². The van der Waals surface area contributed by atoms with Gasteiger partial charge in [0, 0.05) is 109 Å². The number of rotatable bonds is 17. The van der Waals surface area contributed by atoms with Crippen LogP contribution in [0.4, 0.5) is 22.7 Å². The highest BCUT2D eigenvalue weighted by molar-refractivity contribution is 7.00. The second-order valence-corrected chi connectivity index (χ2v) is 36.2. The Balaban J connectivity index is 0.835. The summed E-state index contributed by atoms with van der Waals surface area (Å²) in [5, 5.41) is 3.46. The molecule has 3 aromatic heterocycles. The third kappa shape index (κ3) is 13.5. The lowest BCUT2D eigenvalue weighted by atomic mass is 9.33. The molecule has 588 valence electrons. The van der Waals surface area contributed by atoms with Gasteiger partial charge in [0.2, 0.25) is 0 Å². The van der Waals surface area contributed by atoms with Crippen LogP contribution in [0, 0.1) is 0 Å². The molecule has 0 spiro atoms. The minimum absolute atomic E-state index is 0.0447. The number of para-hydroxylation sites is 5. The Bertz CT molecular complexity index is 7740. The van der Waals surface area contributed by atoms with Gasteiger partial charge in [-0.1, -0.05) is 341 Å². The zero-order chi connectivity index (χ0) is 92.4. The van der Waals surface area contributed by atoms with E-state index in [1.54, 1.807) is 4.57 Å². The highest BCUT2D eigenvalue weighted by atomic mass is 15.2. The van der Waals surface area contributed by atoms with Crippen molar-refractivity contribution in [3.63, 3.8) is 0 Å². The summed E-state index contributed by atoms with van der Waals surface area (Å²) < 4.78 is 119. The fraction of sp³-hybridized carbons (Fsp3) is 0.165. The zero-order valence-corrected chi connectivity index (χ0v) is 69.9. The van der Waals surface area contributed by atoms with Crippen LogP contribution in [-0.4, -0.2) is 27.0 Å². The lowest BCUT2D eigenvalue weighted by molar-refractivity contribution is 0.569. The van der Waals surface area contributed by atoms with Gasteiger partial charge in [0.25, 0.3) is 6.71 Å². The van der Waals surface area contributed by atoms with Gasteiger partial charge in [0.05, 0.1) is 27.5 Å². The summed E-state index contributed by atoms with van der Waals surface area (Å²) in [6.45, 7) is 21.4. The van der Waals surface area contributed by atoms with E-state index in [9.17, 15) is 11.0 Å². The van der Waals surface area contributed by atoms with Crippen molar-refractivity contribution < 1.29 is 16.4 Å². The molecule has 0 saturated heterocycles. The molecule has 21 rings (SSSR count). The zero-order valence-electron chi connectivity index (χ0n) is 81.9. The molecule has 0 N–H and O–H groups in total. The number of fused-ring (bicyclic) bond motifs is 13. The molecule has 0 fully saturated rings. The lowest BCUT2D eigenvalue weighted by Crippen LogP contribution is -2.62. The van der Waals surface area contributed by atoms with Gasteiger partial charge in [-0.15, -0.1) is 0 Å². The van der Waals surface area contributed by atoms with Crippen LogP contribution in [0.1, 0.15) is 118 Å². The predicted octanol–water partition coefficient (Wildman–Crippen LogP) is 27.6. The molecule has 121 heavy (non-hydrogen) atoms. The summed E-state index contributed by atoms with van der Waals surface area (Å²) in [6, 6.07) is 99.4. The quantitative estimate of drug-likeness (QED) is 0.0848. The van der Waals surface area contributed by atoms with Gasteiger partial charge in [-0.2, -0.15) is 0 Å². The summed E-state index contributed by atoms with van der Waals surface area (Å²) >= 11 is 0. The number of hydrogen-bond donors (Lipinski definition) is 0. The maximum atomic E-state index is 10.1. The van der Waals surface area contributed by atoms with Crippen LogP contribution < -0.4 is 26.2 Å². The minimum Gasteiger partial charge on any atom is -0.342 e. The van der Waals surface area contributed by atoms with E-state index in [1.165, 1.54) is 16.7 Å². The summed E-state index contributed by atoms with van der Waals surface area (Å²) in [7, 11) is 0. The van der Waals surface area contributed by atoms with Crippen molar-refractivity contribution in [3.8, 4) is 61.3 Å². The van der Waals surface area contributed by atoms with E-state index in [0.717, 1.165) is 150 Å². The maximum Gasteiger partial charge on any atom is 0.252 e. The first-order valence-corrected chi connectivity index (χ1v) is 42.5. The topological polar surface area (TPSA) is 21.3 Å². The molecular formula is C115H100BN5. The molecule has 5 heterocycles. The van der Waals surface area contributed by atoms with E-state index >= 15 is 0 Å². The number of nitrogens with zero attached hydrogens (tertiary/aromatic N) is 5. The SMILES string of the molecule is [2H]c1c([2H])c([2H])c2c(c1[2H])c1cc(-n3c4ccccc4c4ccccc43)ccc1n2CCc1cc2c3c(c1)N(Cc1c(-c4ccccc4)cc(C(C)(C)C)cc1-c1ccccc1)c1cc(CCn4c5c([2H])c([2H])c([2H])c([2H])c5c5c([2H])c([2H])c([2H])c([2H])c54)ccc1B3c1ccc(-c3cc(C(C)(C)C)cc(C(C)(C)C)c3)cc1N2CCc1cc(-c2ccccc2)cc(-c2ccccc2)c1. The summed E-state index contributed by atoms with van der Waals surface area (Å²) in [5.41, 5.74) is 29.6. The largest absolute Gasteiger partial charge is 0.342 e. The van der Waals surface area contributed by atoms with Crippen molar-refractivity contribution in [2.45, 2.75) is 117 Å². The average molecular weight is 1570 g/mol. The molecule has 0 atom stereocenters. The van der Waals surface area contributed by atoms with Crippen molar-refractivity contribution >= 4 is 111 Å². The van der Waals surface area contributed by atoms with Crippen LogP contribution >= 0.6 is 0 Å². The van der Waals surface area contributed by atoms with Crippen LogP contribution in [0.5, 0.6) is 0 Å². The van der Waals surface area contributed by atoms with Crippen molar-refractivity contribution in [2.24, 2.45) is 0 Å². The van der Waals surface area contributed by atoms with Crippen molar-refractivity contribution in [3.05, 3.63) is 397 Å². The van der Waals surface area contributed by atoms with Crippen LogP contribution in [0.15, 0.2) is 358 Å². The van der Waals surface area contributed by atoms with E-state index in [2.05, 4.69) is 366 Å². The molecule has 16 aromatic carbocycles. The predicted molar refractivity (Wildman–Crippen MR) is 517 cm³/mol. The van der Waals surface area contributed by atoms with Gasteiger partial charge in [-0.05, 0) is 225 Å². The van der Waals surface area contributed by atoms with E-state index in [1.807, 2.05) is 0 Å². The Morgan fingerprint density at radius 2 is 0.702 bits per heavy atom. The van der Waals surface area contributed by atoms with Gasteiger partial charge in [0.15, 0.2) is 0 Å². The number of benzene rings is 16. The number of aryl methyl sites for hydroxylation is 4. The highest BCUT2D eigenvalue weighted by Crippen LogP contribution is 2.47. The highest BCUT2D eigenvalue weighted by Gasteiger charge is 2.44. The van der Waals surface area contributed by atoms with Gasteiger partial charge >= 0.3 is 0 Å². The normalized spacial score (nSPS) is 14.2. The molecule has 2 aliphatic rings. The Hall–Kier alpha value is -13.4. The van der Waals surface area contributed by atoms with E-state index in [4.69, 9.17) is 5.48 Å². The molecule has 0 amide bonds. The Kier molecular flexibility index (Phi) is 15.5. The van der Waals surface area contributed by atoms with Gasteiger partial charge in [-0.25, -0.2) is 0 Å². The molecule has 0 radical (unpaired) electrons. The molecule has 0 saturated carbocycles. The van der Waals surface area contributed by atoms with Crippen molar-refractivity contribution in [1.82, 2.24) is 13.7 Å². The third-order valence-electron chi connectivity index (χ3n) is 25.5. The monoisotopic (exact) mass is 1570 g/mol. The standard InChI is InChI=1S/C115H100BN5/c1-113(2,3)87-68-86(69-88(71-87)114(4,5)6)83-51-54-101-109(70-83)119(61-57-77-62-84(79-32-14-10-15-33-79)67-85(63-77)80-34-16-11-17-35-80)110-65-78(58-60-118-104-47-29-24-44-95(104)98-74-90(52-55-105(98)118)121-106-48-30-25-42-93(106)94-43-26-31-49-107(94)121)66-111-112(110)116(101)100-53-50-76(56-59-117-102-45-27-22-40-91(102)92-41-23-28-46-103(92)117)64-108(100)120(111)75-99-96(81-36-18-12-19-37-81)72-89(115(7,8)9)73-97(99)82-38-20-13-21-39-82/h10-55,62-74H,56-61,75H2,1-9H3/i22D,23D,24D,27D,28D,29D,40D,41D,44D,45D,46D,47D. The van der Waals surface area contributed by atoms with Gasteiger partial charge in [0.1, 0.15) is 0 Å². The summed E-state index contributed by atoms with van der Waals surface area (Å²) in [5.74, 6) is 0. The van der Waals surface area contributed by atoms with E-state index < -0.39 is 30.9 Å². The molecule has 0 unspecified atom stereocenters.